The molecule has 1 aromatic carbocycles. The monoisotopic (exact) mass is 315 g/mol. The Morgan fingerprint density at radius 2 is 1.83 bits per heavy atom. The maximum absolute atomic E-state index is 12.4. The van der Waals surface area contributed by atoms with Crippen LogP contribution in [0.1, 0.15) is 48.5 Å². The number of benzene rings is 1. The van der Waals surface area contributed by atoms with E-state index in [1.165, 1.54) is 12.8 Å². The van der Waals surface area contributed by atoms with Crippen LogP contribution in [-0.4, -0.2) is 35.0 Å². The molecule has 1 aromatic rings. The number of hydrogen-bond acceptors (Lipinski definition) is 2. The number of rotatable bonds is 5. The molecule has 1 amide bonds. The van der Waals surface area contributed by atoms with E-state index in [-0.39, 0.29) is 5.92 Å². The van der Waals surface area contributed by atoms with E-state index < -0.39 is 5.97 Å². The maximum atomic E-state index is 12.4. The lowest BCUT2D eigenvalue weighted by Crippen LogP contribution is -2.42. The lowest BCUT2D eigenvalue weighted by atomic mass is 9.88. The summed E-state index contributed by atoms with van der Waals surface area (Å²) < 4.78 is 0. The van der Waals surface area contributed by atoms with E-state index in [2.05, 4.69) is 6.92 Å². The molecular formula is C19H25NO3. The standard InChI is InChI=1S/C19H25NO3/c1-13(15-6-7-15)18(21)20-10-8-14(9-11-20)12-16-4-2-3-5-17(16)19(22)23/h2-5,13-15H,6-12H2,1H3,(H,22,23). The third-order valence-electron chi connectivity index (χ3n) is 5.40. The maximum Gasteiger partial charge on any atom is 0.335 e. The second-order valence-corrected chi connectivity index (χ2v) is 7.06. The van der Waals surface area contributed by atoms with Gasteiger partial charge in [0.15, 0.2) is 0 Å². The average Bonchev–Trinajstić information content (AvgIpc) is 3.39. The van der Waals surface area contributed by atoms with Crippen LogP contribution in [0.3, 0.4) is 0 Å². The van der Waals surface area contributed by atoms with Crippen LogP contribution in [0.2, 0.25) is 0 Å². The number of likely N-dealkylation sites (tertiary alicyclic amines) is 1. The van der Waals surface area contributed by atoms with Crippen LogP contribution < -0.4 is 0 Å². The third kappa shape index (κ3) is 3.74. The van der Waals surface area contributed by atoms with Gasteiger partial charge in [-0.3, -0.25) is 4.79 Å². The SMILES string of the molecule is CC(C(=O)N1CCC(Cc2ccccc2C(=O)O)CC1)C1CC1. The fourth-order valence-electron chi connectivity index (χ4n) is 3.66. The van der Waals surface area contributed by atoms with Crippen molar-refractivity contribution in [1.82, 2.24) is 4.90 Å². The van der Waals surface area contributed by atoms with Crippen LogP contribution in [0.4, 0.5) is 0 Å². The Hall–Kier alpha value is -1.84. The van der Waals surface area contributed by atoms with Crippen LogP contribution in [0, 0.1) is 17.8 Å². The smallest absolute Gasteiger partial charge is 0.335 e. The minimum atomic E-state index is -0.855. The molecule has 0 radical (unpaired) electrons. The van der Waals surface area contributed by atoms with Crippen molar-refractivity contribution in [2.45, 2.75) is 39.0 Å². The molecule has 0 aromatic heterocycles. The molecule has 1 aliphatic carbocycles. The molecule has 3 rings (SSSR count). The molecular weight excluding hydrogens is 290 g/mol. The zero-order valence-corrected chi connectivity index (χ0v) is 13.7. The Bertz CT molecular complexity index is 586. The summed E-state index contributed by atoms with van der Waals surface area (Å²) in [5.74, 6) is 0.723. The van der Waals surface area contributed by atoms with Crippen LogP contribution >= 0.6 is 0 Å². The molecule has 1 aliphatic heterocycles. The number of piperidine rings is 1. The van der Waals surface area contributed by atoms with Gasteiger partial charge in [0.05, 0.1) is 5.56 Å². The molecule has 1 saturated heterocycles. The summed E-state index contributed by atoms with van der Waals surface area (Å²) in [6, 6.07) is 7.26. The number of aromatic carboxylic acids is 1. The van der Waals surface area contributed by atoms with E-state index >= 15 is 0 Å². The minimum Gasteiger partial charge on any atom is -0.478 e. The quantitative estimate of drug-likeness (QED) is 0.907. The summed E-state index contributed by atoms with van der Waals surface area (Å²) in [7, 11) is 0. The molecule has 2 fully saturated rings. The van der Waals surface area contributed by atoms with Crippen molar-refractivity contribution in [2.75, 3.05) is 13.1 Å². The molecule has 0 bridgehead atoms. The van der Waals surface area contributed by atoms with Crippen molar-refractivity contribution in [2.24, 2.45) is 17.8 Å². The highest BCUT2D eigenvalue weighted by Crippen LogP contribution is 2.38. The van der Waals surface area contributed by atoms with Crippen molar-refractivity contribution < 1.29 is 14.7 Å². The first-order chi connectivity index (χ1) is 11.1. The van der Waals surface area contributed by atoms with Crippen molar-refractivity contribution in [3.05, 3.63) is 35.4 Å². The Balaban J connectivity index is 1.55. The fourth-order valence-corrected chi connectivity index (χ4v) is 3.66. The Morgan fingerprint density at radius 3 is 2.43 bits per heavy atom. The predicted octanol–water partition coefficient (Wildman–Crippen LogP) is 3.21. The van der Waals surface area contributed by atoms with Gasteiger partial charge in [0.2, 0.25) is 5.91 Å². The number of hydrogen-bond donors (Lipinski definition) is 1. The second-order valence-electron chi connectivity index (χ2n) is 7.06. The molecule has 1 unspecified atom stereocenters. The zero-order chi connectivity index (χ0) is 16.4. The summed E-state index contributed by atoms with van der Waals surface area (Å²) in [5, 5.41) is 9.28. The highest BCUT2D eigenvalue weighted by molar-refractivity contribution is 5.89. The van der Waals surface area contributed by atoms with E-state index in [1.54, 1.807) is 12.1 Å². The van der Waals surface area contributed by atoms with Gasteiger partial charge in [0.1, 0.15) is 0 Å². The lowest BCUT2D eigenvalue weighted by molar-refractivity contribution is -0.137. The Labute approximate surface area is 137 Å². The second kappa shape index (κ2) is 6.73. The van der Waals surface area contributed by atoms with E-state index in [4.69, 9.17) is 0 Å². The summed E-state index contributed by atoms with van der Waals surface area (Å²) in [6.07, 6.45) is 5.14. The molecule has 23 heavy (non-hydrogen) atoms. The van der Waals surface area contributed by atoms with Crippen LogP contribution in [0.15, 0.2) is 24.3 Å². The Kier molecular flexibility index (Phi) is 4.69. The highest BCUT2D eigenvalue weighted by Gasteiger charge is 2.35. The van der Waals surface area contributed by atoms with Crippen molar-refractivity contribution in [3.63, 3.8) is 0 Å². The van der Waals surface area contributed by atoms with Gasteiger partial charge in [-0.2, -0.15) is 0 Å². The van der Waals surface area contributed by atoms with E-state index in [0.29, 0.717) is 23.3 Å². The first-order valence-corrected chi connectivity index (χ1v) is 8.66. The van der Waals surface area contributed by atoms with Crippen molar-refractivity contribution in [3.8, 4) is 0 Å². The van der Waals surface area contributed by atoms with Gasteiger partial charge < -0.3 is 10.0 Å². The fraction of sp³-hybridized carbons (Fsp3) is 0.579. The van der Waals surface area contributed by atoms with Gasteiger partial charge in [-0.15, -0.1) is 0 Å². The summed E-state index contributed by atoms with van der Waals surface area (Å²) >= 11 is 0. The lowest BCUT2D eigenvalue weighted by Gasteiger charge is -2.34. The van der Waals surface area contributed by atoms with E-state index in [9.17, 15) is 14.7 Å². The molecule has 1 atom stereocenters. The Morgan fingerprint density at radius 1 is 1.17 bits per heavy atom. The molecule has 4 heteroatoms. The molecule has 0 spiro atoms. The van der Waals surface area contributed by atoms with Crippen LogP contribution in [0.5, 0.6) is 0 Å². The summed E-state index contributed by atoms with van der Waals surface area (Å²) in [6.45, 7) is 3.70. The van der Waals surface area contributed by atoms with Crippen LogP contribution in [-0.2, 0) is 11.2 Å². The van der Waals surface area contributed by atoms with Gasteiger partial charge >= 0.3 is 5.97 Å². The van der Waals surface area contributed by atoms with Crippen LogP contribution in [0.25, 0.3) is 0 Å². The predicted molar refractivity (Wildman–Crippen MR) is 88.3 cm³/mol. The van der Waals surface area contributed by atoms with Gasteiger partial charge in [-0.25, -0.2) is 4.79 Å². The van der Waals surface area contributed by atoms with E-state index in [0.717, 1.165) is 37.9 Å². The van der Waals surface area contributed by atoms with Crippen molar-refractivity contribution in [1.29, 1.82) is 0 Å². The topological polar surface area (TPSA) is 57.6 Å². The first-order valence-electron chi connectivity index (χ1n) is 8.66. The minimum absolute atomic E-state index is 0.180. The van der Waals surface area contributed by atoms with Gasteiger partial charge in [0.25, 0.3) is 0 Å². The largest absolute Gasteiger partial charge is 0.478 e. The number of carboxylic acid groups (broad SMARTS) is 1. The third-order valence-corrected chi connectivity index (χ3v) is 5.40. The molecule has 2 aliphatic rings. The average molecular weight is 315 g/mol. The van der Waals surface area contributed by atoms with Gasteiger partial charge in [0, 0.05) is 19.0 Å². The number of amides is 1. The molecule has 1 saturated carbocycles. The van der Waals surface area contributed by atoms with Crippen molar-refractivity contribution >= 4 is 11.9 Å². The number of carbonyl (C=O) groups excluding carboxylic acids is 1. The van der Waals surface area contributed by atoms with E-state index in [1.807, 2.05) is 17.0 Å². The molecule has 4 nitrogen and oxygen atoms in total. The summed E-state index contributed by atoms with van der Waals surface area (Å²) in [4.78, 5) is 25.7. The normalized spacial score (nSPS) is 20.3. The zero-order valence-electron chi connectivity index (χ0n) is 13.7. The summed E-state index contributed by atoms with van der Waals surface area (Å²) in [5.41, 5.74) is 1.32. The number of nitrogens with zero attached hydrogens (tertiary/aromatic N) is 1. The van der Waals surface area contributed by atoms with Gasteiger partial charge in [-0.1, -0.05) is 25.1 Å². The van der Waals surface area contributed by atoms with Gasteiger partial charge in [-0.05, 0) is 55.6 Å². The molecule has 1 heterocycles. The number of carbonyl (C=O) groups is 2. The molecule has 1 N–H and O–H groups in total. The highest BCUT2D eigenvalue weighted by atomic mass is 16.4. The first kappa shape index (κ1) is 16.0. The molecule has 124 valence electrons. The number of carboxylic acids is 1.